The number of aromatic amines is 1. The first kappa shape index (κ1) is 12.0. The zero-order valence-corrected chi connectivity index (χ0v) is 10.3. The van der Waals surface area contributed by atoms with Crippen molar-refractivity contribution in [1.82, 2.24) is 10.2 Å². The number of phenols is 2. The number of benzene rings is 2. The van der Waals surface area contributed by atoms with Crippen molar-refractivity contribution in [1.29, 1.82) is 0 Å². The number of anilines is 1. The zero-order valence-electron chi connectivity index (χ0n) is 10.3. The quantitative estimate of drug-likeness (QED) is 0.536. The average Bonchev–Trinajstić information content (AvgIpc) is 2.85. The Balaban J connectivity index is 1.94. The molecule has 100 valence electrons. The van der Waals surface area contributed by atoms with Gasteiger partial charge in [0.1, 0.15) is 11.5 Å². The highest BCUT2D eigenvalue weighted by Crippen LogP contribution is 2.25. The van der Waals surface area contributed by atoms with Gasteiger partial charge in [0.2, 0.25) is 0 Å². The second kappa shape index (κ2) is 4.58. The molecule has 0 bridgehead atoms. The van der Waals surface area contributed by atoms with E-state index in [-0.39, 0.29) is 17.1 Å². The van der Waals surface area contributed by atoms with Crippen molar-refractivity contribution in [2.75, 3.05) is 5.32 Å². The van der Waals surface area contributed by atoms with Gasteiger partial charge in [-0.1, -0.05) is 12.1 Å². The fourth-order valence-corrected chi connectivity index (χ4v) is 1.94. The molecule has 1 heterocycles. The van der Waals surface area contributed by atoms with Crippen LogP contribution in [0.1, 0.15) is 10.4 Å². The lowest BCUT2D eigenvalue weighted by molar-refractivity contribution is 0.102. The van der Waals surface area contributed by atoms with E-state index in [0.717, 1.165) is 10.9 Å². The Bertz CT molecular complexity index is 795. The summed E-state index contributed by atoms with van der Waals surface area (Å²) in [7, 11) is 0. The second-order valence-electron chi connectivity index (χ2n) is 4.27. The van der Waals surface area contributed by atoms with Crippen molar-refractivity contribution in [3.05, 3.63) is 48.0 Å². The minimum absolute atomic E-state index is 0.0166. The molecule has 0 radical (unpaired) electrons. The molecular formula is C14H11N3O3. The van der Waals surface area contributed by atoms with E-state index in [4.69, 9.17) is 0 Å². The molecule has 2 aromatic carbocycles. The molecule has 3 aromatic rings. The highest BCUT2D eigenvalue weighted by atomic mass is 16.3. The number of nitrogens with zero attached hydrogens (tertiary/aromatic N) is 1. The van der Waals surface area contributed by atoms with E-state index in [2.05, 4.69) is 15.5 Å². The molecule has 6 heteroatoms. The van der Waals surface area contributed by atoms with Crippen LogP contribution in [-0.4, -0.2) is 26.3 Å². The van der Waals surface area contributed by atoms with Gasteiger partial charge < -0.3 is 15.5 Å². The van der Waals surface area contributed by atoms with Crippen LogP contribution in [0.2, 0.25) is 0 Å². The summed E-state index contributed by atoms with van der Waals surface area (Å²) in [5.74, 6) is -0.482. The van der Waals surface area contributed by atoms with E-state index in [1.807, 2.05) is 24.3 Å². The third kappa shape index (κ3) is 2.03. The van der Waals surface area contributed by atoms with Gasteiger partial charge in [-0.25, -0.2) is 0 Å². The maximum absolute atomic E-state index is 12.1. The van der Waals surface area contributed by atoms with E-state index < -0.39 is 5.91 Å². The van der Waals surface area contributed by atoms with Crippen LogP contribution in [0.3, 0.4) is 0 Å². The lowest BCUT2D eigenvalue weighted by Crippen LogP contribution is -2.12. The van der Waals surface area contributed by atoms with Crippen molar-refractivity contribution in [2.24, 2.45) is 0 Å². The fourth-order valence-electron chi connectivity index (χ4n) is 1.94. The molecule has 0 unspecified atom stereocenters. The molecule has 1 aromatic heterocycles. The van der Waals surface area contributed by atoms with Crippen molar-refractivity contribution >= 4 is 22.6 Å². The highest BCUT2D eigenvalue weighted by Gasteiger charge is 2.15. The molecule has 20 heavy (non-hydrogen) atoms. The zero-order chi connectivity index (χ0) is 14.1. The van der Waals surface area contributed by atoms with Crippen LogP contribution >= 0.6 is 0 Å². The number of rotatable bonds is 2. The third-order valence-corrected chi connectivity index (χ3v) is 2.93. The van der Waals surface area contributed by atoms with Gasteiger partial charge in [0, 0.05) is 5.39 Å². The number of nitrogens with one attached hydrogen (secondary N) is 2. The van der Waals surface area contributed by atoms with Crippen molar-refractivity contribution < 1.29 is 15.0 Å². The molecule has 0 aliphatic rings. The van der Waals surface area contributed by atoms with Crippen LogP contribution in [0.5, 0.6) is 11.5 Å². The fraction of sp³-hybridized carbons (Fsp3) is 0. The molecule has 1 amide bonds. The molecule has 0 aliphatic heterocycles. The number of hydrogen-bond donors (Lipinski definition) is 4. The Morgan fingerprint density at radius 2 is 1.95 bits per heavy atom. The summed E-state index contributed by atoms with van der Waals surface area (Å²) < 4.78 is 0. The third-order valence-electron chi connectivity index (χ3n) is 2.93. The number of para-hydroxylation sites is 1. The summed E-state index contributed by atoms with van der Waals surface area (Å²) in [6, 6.07) is 11.1. The molecule has 0 spiro atoms. The average molecular weight is 269 g/mol. The first-order valence-electron chi connectivity index (χ1n) is 5.91. The molecule has 0 saturated carbocycles. The minimum Gasteiger partial charge on any atom is -0.508 e. The smallest absolute Gasteiger partial charge is 0.260 e. The molecule has 0 atom stereocenters. The maximum Gasteiger partial charge on any atom is 0.260 e. The SMILES string of the molecule is O=C(Nc1n[nH]c2ccccc12)c1cc(O)ccc1O. The van der Waals surface area contributed by atoms with E-state index >= 15 is 0 Å². The molecule has 0 fully saturated rings. The standard InChI is InChI=1S/C14H11N3O3/c18-8-5-6-12(19)10(7-8)14(20)15-13-9-3-1-2-4-11(9)16-17-13/h1-7,18-19H,(H2,15,16,17,20). The number of carbonyl (C=O) groups excluding carboxylic acids is 1. The van der Waals surface area contributed by atoms with Gasteiger partial charge in [0.15, 0.2) is 5.82 Å². The number of amides is 1. The molecular weight excluding hydrogens is 258 g/mol. The number of hydrogen-bond acceptors (Lipinski definition) is 4. The summed E-state index contributed by atoms with van der Waals surface area (Å²) in [4.78, 5) is 12.1. The first-order valence-corrected chi connectivity index (χ1v) is 5.91. The largest absolute Gasteiger partial charge is 0.508 e. The predicted molar refractivity (Wildman–Crippen MR) is 73.8 cm³/mol. The van der Waals surface area contributed by atoms with Crippen LogP contribution in [0.4, 0.5) is 5.82 Å². The van der Waals surface area contributed by atoms with E-state index in [1.54, 1.807) is 0 Å². The first-order chi connectivity index (χ1) is 9.65. The van der Waals surface area contributed by atoms with Crippen LogP contribution in [0.15, 0.2) is 42.5 Å². The van der Waals surface area contributed by atoms with Gasteiger partial charge in [-0.2, -0.15) is 5.10 Å². The Kier molecular flexibility index (Phi) is 2.76. The summed E-state index contributed by atoms with van der Waals surface area (Å²) in [5, 5.41) is 29.2. The molecule has 0 aliphatic carbocycles. The lowest BCUT2D eigenvalue weighted by Gasteiger charge is -2.05. The van der Waals surface area contributed by atoms with Gasteiger partial charge >= 0.3 is 0 Å². The normalized spacial score (nSPS) is 10.6. The monoisotopic (exact) mass is 269 g/mol. The Morgan fingerprint density at radius 3 is 2.80 bits per heavy atom. The van der Waals surface area contributed by atoms with Gasteiger partial charge in [0.25, 0.3) is 5.91 Å². The Labute approximate surface area is 113 Å². The van der Waals surface area contributed by atoms with Gasteiger partial charge in [-0.05, 0) is 30.3 Å². The van der Waals surface area contributed by atoms with Crippen LogP contribution in [0, 0.1) is 0 Å². The van der Waals surface area contributed by atoms with Gasteiger partial charge in [-0.3, -0.25) is 9.89 Å². The molecule has 0 saturated heterocycles. The molecule has 6 nitrogen and oxygen atoms in total. The Hall–Kier alpha value is -3.02. The molecule has 3 rings (SSSR count). The van der Waals surface area contributed by atoms with Crippen molar-refractivity contribution in [3.63, 3.8) is 0 Å². The van der Waals surface area contributed by atoms with Crippen LogP contribution in [0.25, 0.3) is 10.9 Å². The predicted octanol–water partition coefficient (Wildman–Crippen LogP) is 2.23. The minimum atomic E-state index is -0.546. The summed E-state index contributed by atoms with van der Waals surface area (Å²) >= 11 is 0. The lowest BCUT2D eigenvalue weighted by atomic mass is 10.1. The number of carbonyl (C=O) groups is 1. The number of fused-ring (bicyclic) bond motifs is 1. The van der Waals surface area contributed by atoms with E-state index in [1.165, 1.54) is 18.2 Å². The van der Waals surface area contributed by atoms with E-state index in [0.29, 0.717) is 5.82 Å². The maximum atomic E-state index is 12.1. The summed E-state index contributed by atoms with van der Waals surface area (Å²) in [5.41, 5.74) is 0.778. The van der Waals surface area contributed by atoms with Gasteiger partial charge in [-0.15, -0.1) is 0 Å². The number of aromatic nitrogens is 2. The van der Waals surface area contributed by atoms with E-state index in [9.17, 15) is 15.0 Å². The summed E-state index contributed by atoms with van der Waals surface area (Å²) in [6.07, 6.45) is 0. The molecule has 4 N–H and O–H groups in total. The number of H-pyrrole nitrogens is 1. The van der Waals surface area contributed by atoms with Crippen molar-refractivity contribution in [3.8, 4) is 11.5 Å². The summed E-state index contributed by atoms with van der Waals surface area (Å²) in [6.45, 7) is 0. The topological polar surface area (TPSA) is 98.2 Å². The highest BCUT2D eigenvalue weighted by molar-refractivity contribution is 6.09. The number of phenolic OH excluding ortho intramolecular Hbond substituents is 2. The van der Waals surface area contributed by atoms with Crippen molar-refractivity contribution in [2.45, 2.75) is 0 Å². The second-order valence-corrected chi connectivity index (χ2v) is 4.27. The van der Waals surface area contributed by atoms with Crippen LogP contribution in [-0.2, 0) is 0 Å². The number of aromatic hydroxyl groups is 2. The van der Waals surface area contributed by atoms with Crippen LogP contribution < -0.4 is 5.32 Å². The van der Waals surface area contributed by atoms with Gasteiger partial charge in [0.05, 0.1) is 11.1 Å². The Morgan fingerprint density at radius 1 is 1.15 bits per heavy atom.